The highest BCUT2D eigenvalue weighted by molar-refractivity contribution is 9.08. The Morgan fingerprint density at radius 1 is 1.33 bits per heavy atom. The summed E-state index contributed by atoms with van der Waals surface area (Å²) < 4.78 is 33.0. The number of hydrogen-bond donors (Lipinski definition) is 0. The van der Waals surface area contributed by atoms with Crippen LogP contribution in [-0.2, 0) is 12.4 Å². The number of aromatic nitrogens is 2. The van der Waals surface area contributed by atoms with Crippen LogP contribution in [0.3, 0.4) is 0 Å². The highest BCUT2D eigenvalue weighted by atomic mass is 79.9. The highest BCUT2D eigenvalue weighted by Gasteiger charge is 2.15. The minimum absolute atomic E-state index is 0.235. The van der Waals surface area contributed by atoms with Gasteiger partial charge in [0.1, 0.15) is 5.75 Å². The Balaban J connectivity index is 2.36. The van der Waals surface area contributed by atoms with Crippen LogP contribution in [0.5, 0.6) is 11.6 Å². The van der Waals surface area contributed by atoms with E-state index < -0.39 is 11.6 Å². The summed E-state index contributed by atoms with van der Waals surface area (Å²) in [7, 11) is 1.73. The fourth-order valence-electron chi connectivity index (χ4n) is 1.61. The van der Waals surface area contributed by atoms with Gasteiger partial charge in [0.25, 0.3) is 0 Å². The maximum atomic E-state index is 13.1. The number of aryl methyl sites for hydroxylation is 2. The second-order valence-electron chi connectivity index (χ2n) is 3.80. The number of hydrogen-bond acceptors (Lipinski definition) is 2. The van der Waals surface area contributed by atoms with E-state index in [1.54, 1.807) is 11.7 Å². The third-order valence-corrected chi connectivity index (χ3v) is 3.09. The maximum Gasteiger partial charge on any atom is 0.221 e. The van der Waals surface area contributed by atoms with E-state index in [-0.39, 0.29) is 5.75 Å². The fraction of sp³-hybridized carbons (Fsp3) is 0.250. The van der Waals surface area contributed by atoms with Crippen LogP contribution in [0.4, 0.5) is 8.78 Å². The molecule has 0 fully saturated rings. The largest absolute Gasteiger partial charge is 0.439 e. The van der Waals surface area contributed by atoms with Gasteiger partial charge in [0.15, 0.2) is 11.6 Å². The van der Waals surface area contributed by atoms with Crippen molar-refractivity contribution in [3.05, 3.63) is 41.1 Å². The quantitative estimate of drug-likeness (QED) is 0.807. The zero-order valence-electron chi connectivity index (χ0n) is 9.88. The molecule has 1 heterocycles. The molecule has 2 rings (SSSR count). The number of rotatable bonds is 3. The standard InChI is InChI=1S/C12H11BrF2N2O/c1-7-9(6-13)12(17(2)16-7)18-8-3-4-10(14)11(15)5-8/h3-5H,6H2,1-2H3. The third-order valence-electron chi connectivity index (χ3n) is 2.53. The van der Waals surface area contributed by atoms with Gasteiger partial charge >= 0.3 is 0 Å². The zero-order chi connectivity index (χ0) is 13.3. The molecule has 0 saturated carbocycles. The second kappa shape index (κ2) is 5.06. The van der Waals surface area contributed by atoms with E-state index in [9.17, 15) is 8.78 Å². The van der Waals surface area contributed by atoms with Crippen LogP contribution in [0.2, 0.25) is 0 Å². The molecule has 0 N–H and O–H groups in total. The van der Waals surface area contributed by atoms with Gasteiger partial charge in [-0.1, -0.05) is 15.9 Å². The van der Waals surface area contributed by atoms with Gasteiger partial charge in [0.2, 0.25) is 5.88 Å². The summed E-state index contributed by atoms with van der Waals surface area (Å²) >= 11 is 3.34. The first kappa shape index (κ1) is 13.0. The van der Waals surface area contributed by atoms with Crippen LogP contribution in [0.25, 0.3) is 0 Å². The van der Waals surface area contributed by atoms with Crippen molar-refractivity contribution >= 4 is 15.9 Å². The van der Waals surface area contributed by atoms with E-state index in [0.29, 0.717) is 11.2 Å². The van der Waals surface area contributed by atoms with Gasteiger partial charge in [-0.05, 0) is 19.1 Å². The predicted molar refractivity (Wildman–Crippen MR) is 67.0 cm³/mol. The van der Waals surface area contributed by atoms with Gasteiger partial charge in [-0.25, -0.2) is 13.5 Å². The number of alkyl halides is 1. The van der Waals surface area contributed by atoms with E-state index in [1.165, 1.54) is 6.07 Å². The summed E-state index contributed by atoms with van der Waals surface area (Å²) in [6.45, 7) is 1.86. The van der Waals surface area contributed by atoms with Gasteiger partial charge < -0.3 is 4.74 Å². The van der Waals surface area contributed by atoms with Crippen molar-refractivity contribution < 1.29 is 13.5 Å². The van der Waals surface area contributed by atoms with Gasteiger partial charge in [0, 0.05) is 24.0 Å². The molecule has 0 aliphatic rings. The molecule has 0 aliphatic carbocycles. The van der Waals surface area contributed by atoms with Crippen molar-refractivity contribution in [2.24, 2.45) is 7.05 Å². The molecule has 6 heteroatoms. The lowest BCUT2D eigenvalue weighted by atomic mass is 10.3. The predicted octanol–water partition coefficient (Wildman–Crippen LogP) is 3.69. The molecule has 3 nitrogen and oxygen atoms in total. The highest BCUT2D eigenvalue weighted by Crippen LogP contribution is 2.29. The molecule has 0 unspecified atom stereocenters. The molecule has 0 amide bonds. The smallest absolute Gasteiger partial charge is 0.221 e. The fourth-order valence-corrected chi connectivity index (χ4v) is 2.26. The van der Waals surface area contributed by atoms with Crippen LogP contribution in [0, 0.1) is 18.6 Å². The Morgan fingerprint density at radius 3 is 2.67 bits per heavy atom. The number of ether oxygens (including phenoxy) is 1. The molecule has 0 aliphatic heterocycles. The van der Waals surface area contributed by atoms with Crippen molar-refractivity contribution in [3.8, 4) is 11.6 Å². The maximum absolute atomic E-state index is 13.1. The van der Waals surface area contributed by atoms with Crippen LogP contribution in [-0.4, -0.2) is 9.78 Å². The van der Waals surface area contributed by atoms with Crippen LogP contribution in [0.1, 0.15) is 11.3 Å². The summed E-state index contributed by atoms with van der Waals surface area (Å²) in [5.41, 5.74) is 1.70. The third kappa shape index (κ3) is 2.38. The number of halogens is 3. The van der Waals surface area contributed by atoms with Gasteiger partial charge in [0.05, 0.1) is 5.69 Å². The minimum Gasteiger partial charge on any atom is -0.439 e. The monoisotopic (exact) mass is 316 g/mol. The molecule has 96 valence electrons. The molecule has 2 aromatic rings. The Kier molecular flexibility index (Phi) is 3.65. The molecule has 0 atom stereocenters. The van der Waals surface area contributed by atoms with Gasteiger partial charge in [-0.3, -0.25) is 0 Å². The summed E-state index contributed by atoms with van der Waals surface area (Å²) in [6, 6.07) is 3.41. The molecule has 18 heavy (non-hydrogen) atoms. The Hall–Kier alpha value is -1.43. The van der Waals surface area contributed by atoms with E-state index in [1.807, 2.05) is 6.92 Å². The lowest BCUT2D eigenvalue weighted by molar-refractivity contribution is 0.419. The lowest BCUT2D eigenvalue weighted by Gasteiger charge is -2.07. The first-order valence-corrected chi connectivity index (χ1v) is 6.36. The Bertz CT molecular complexity index is 584. The van der Waals surface area contributed by atoms with Gasteiger partial charge in [-0.2, -0.15) is 5.10 Å². The number of nitrogens with zero attached hydrogens (tertiary/aromatic N) is 2. The SMILES string of the molecule is Cc1nn(C)c(Oc2ccc(F)c(F)c2)c1CBr. The lowest BCUT2D eigenvalue weighted by Crippen LogP contribution is -1.97. The van der Waals surface area contributed by atoms with E-state index >= 15 is 0 Å². The van der Waals surface area contributed by atoms with Crippen molar-refractivity contribution in [1.82, 2.24) is 9.78 Å². The van der Waals surface area contributed by atoms with Crippen molar-refractivity contribution in [3.63, 3.8) is 0 Å². The average molecular weight is 317 g/mol. The Labute approximate surface area is 112 Å². The molecule has 0 bridgehead atoms. The van der Waals surface area contributed by atoms with E-state index in [0.717, 1.165) is 23.4 Å². The molecule has 0 radical (unpaired) electrons. The first-order valence-electron chi connectivity index (χ1n) is 5.24. The van der Waals surface area contributed by atoms with Crippen molar-refractivity contribution in [2.45, 2.75) is 12.3 Å². The molecule has 0 spiro atoms. The number of benzene rings is 1. The van der Waals surface area contributed by atoms with E-state index in [4.69, 9.17) is 4.74 Å². The topological polar surface area (TPSA) is 27.1 Å². The first-order chi connectivity index (χ1) is 8.52. The average Bonchev–Trinajstić information content (AvgIpc) is 2.58. The molecule has 0 saturated heterocycles. The molecule has 1 aromatic carbocycles. The normalized spacial score (nSPS) is 10.7. The second-order valence-corrected chi connectivity index (χ2v) is 4.37. The van der Waals surface area contributed by atoms with Crippen LogP contribution in [0.15, 0.2) is 18.2 Å². The minimum atomic E-state index is -0.938. The van der Waals surface area contributed by atoms with Crippen molar-refractivity contribution in [1.29, 1.82) is 0 Å². The van der Waals surface area contributed by atoms with Crippen molar-refractivity contribution in [2.75, 3.05) is 0 Å². The molecular weight excluding hydrogens is 306 g/mol. The van der Waals surface area contributed by atoms with Crippen LogP contribution >= 0.6 is 15.9 Å². The van der Waals surface area contributed by atoms with Crippen LogP contribution < -0.4 is 4.74 Å². The molecule has 1 aromatic heterocycles. The Morgan fingerprint density at radius 2 is 2.06 bits per heavy atom. The zero-order valence-corrected chi connectivity index (χ0v) is 11.5. The van der Waals surface area contributed by atoms with E-state index in [2.05, 4.69) is 21.0 Å². The summed E-state index contributed by atoms with van der Waals surface area (Å²) in [6.07, 6.45) is 0. The molecular formula is C12H11BrF2N2O. The summed E-state index contributed by atoms with van der Waals surface area (Å²) in [4.78, 5) is 0. The van der Waals surface area contributed by atoms with Gasteiger partial charge in [-0.15, -0.1) is 0 Å². The summed E-state index contributed by atoms with van der Waals surface area (Å²) in [5, 5.41) is 4.79. The summed E-state index contributed by atoms with van der Waals surface area (Å²) in [5.74, 6) is -1.09.